The summed E-state index contributed by atoms with van der Waals surface area (Å²) in [5.41, 5.74) is 0. The minimum atomic E-state index is 0.757. The quantitative estimate of drug-likeness (QED) is 0.453. The van der Waals surface area contributed by atoms with Gasteiger partial charge in [-0.05, 0) is 6.42 Å². The highest BCUT2D eigenvalue weighted by molar-refractivity contribution is 4.57. The van der Waals surface area contributed by atoms with Gasteiger partial charge in [-0.15, -0.1) is 0 Å². The largest absolute Gasteiger partial charge is 0.510 e. The molecule has 0 bridgehead atoms. The lowest BCUT2D eigenvalue weighted by Crippen LogP contribution is -2.33. The molecule has 0 aliphatic rings. The molecule has 0 amide bonds. The van der Waals surface area contributed by atoms with Crippen LogP contribution in [0.3, 0.4) is 0 Å². The highest BCUT2D eigenvalue weighted by Crippen LogP contribution is 1.98. The Hall–Kier alpha value is -0.500. The fourth-order valence-electron chi connectivity index (χ4n) is 0.831. The van der Waals surface area contributed by atoms with Crippen LogP contribution in [-0.4, -0.2) is 30.2 Å². The molecule has 0 fully saturated rings. The van der Waals surface area contributed by atoms with Gasteiger partial charge < -0.3 is 5.11 Å². The molecule has 0 aliphatic carbocycles. The summed E-state index contributed by atoms with van der Waals surface area (Å²) >= 11 is 0. The van der Waals surface area contributed by atoms with E-state index in [9.17, 15) is 0 Å². The zero-order valence-electron chi connectivity index (χ0n) is 6.46. The highest BCUT2D eigenvalue weighted by Gasteiger charge is 2.07. The zero-order chi connectivity index (χ0) is 7.33. The maximum absolute atomic E-state index is 8.43. The minimum Gasteiger partial charge on any atom is -0.510 e. The summed E-state index contributed by atoms with van der Waals surface area (Å²) in [5, 5.41) is 8.43. The smallest absolute Gasteiger partial charge is 0.132 e. The second kappa shape index (κ2) is 3.51. The molecule has 0 rings (SSSR count). The van der Waals surface area contributed by atoms with Crippen LogP contribution < -0.4 is 0 Å². The zero-order valence-corrected chi connectivity index (χ0v) is 6.46. The van der Waals surface area contributed by atoms with Crippen molar-refractivity contribution in [1.29, 1.82) is 0 Å². The fraction of sp³-hybridized carbons (Fsp3) is 0.714. The second-order valence-corrected chi connectivity index (χ2v) is 2.80. The first-order chi connectivity index (χ1) is 4.12. The molecule has 1 N–H and O–H groups in total. The number of quaternary nitrogens is 1. The average Bonchev–Trinajstić information content (AvgIpc) is 1.64. The summed E-state index contributed by atoms with van der Waals surface area (Å²) in [5.74, 6) is 0. The Morgan fingerprint density at radius 3 is 2.33 bits per heavy atom. The molecule has 0 atom stereocenters. The molecule has 0 radical (unpaired) electrons. The molecule has 0 saturated heterocycles. The van der Waals surface area contributed by atoms with E-state index < -0.39 is 0 Å². The van der Waals surface area contributed by atoms with Crippen molar-refractivity contribution in [3.8, 4) is 0 Å². The molecule has 0 aromatic heterocycles. The Morgan fingerprint density at radius 1 is 1.44 bits per heavy atom. The number of aliphatic hydroxyl groups excluding tert-OH is 1. The Kier molecular flexibility index (Phi) is 3.32. The molecule has 0 heterocycles. The van der Waals surface area contributed by atoms with Crippen molar-refractivity contribution in [3.63, 3.8) is 0 Å². The van der Waals surface area contributed by atoms with Gasteiger partial charge in [0.15, 0.2) is 0 Å². The van der Waals surface area contributed by atoms with Gasteiger partial charge in [0.1, 0.15) is 12.5 Å². The molecule has 0 unspecified atom stereocenters. The van der Waals surface area contributed by atoms with Crippen LogP contribution in [0, 0.1) is 0 Å². The maximum Gasteiger partial charge on any atom is 0.132 e. The Balaban J connectivity index is 3.70. The molecule has 9 heavy (non-hydrogen) atoms. The molecule has 0 aromatic rings. The first-order valence-electron chi connectivity index (χ1n) is 3.27. The van der Waals surface area contributed by atoms with Gasteiger partial charge in [-0.1, -0.05) is 6.92 Å². The predicted molar refractivity (Wildman–Crippen MR) is 39.0 cm³/mol. The van der Waals surface area contributed by atoms with Gasteiger partial charge in [0.2, 0.25) is 0 Å². The molecule has 0 saturated carbocycles. The van der Waals surface area contributed by atoms with Crippen LogP contribution in [0.15, 0.2) is 12.5 Å². The first kappa shape index (κ1) is 8.50. The third-order valence-electron chi connectivity index (χ3n) is 1.27. The normalized spacial score (nSPS) is 12.8. The van der Waals surface area contributed by atoms with Gasteiger partial charge in [-0.3, -0.25) is 4.48 Å². The van der Waals surface area contributed by atoms with Crippen LogP contribution in [-0.2, 0) is 0 Å². The topological polar surface area (TPSA) is 20.2 Å². The number of rotatable bonds is 3. The van der Waals surface area contributed by atoms with E-state index in [4.69, 9.17) is 5.11 Å². The van der Waals surface area contributed by atoms with Gasteiger partial charge in [-0.25, -0.2) is 0 Å². The van der Waals surface area contributed by atoms with Gasteiger partial charge in [0.05, 0.1) is 20.6 Å². The van der Waals surface area contributed by atoms with Crippen molar-refractivity contribution in [2.75, 3.05) is 20.6 Å². The van der Waals surface area contributed by atoms with Crippen LogP contribution in [0.5, 0.6) is 0 Å². The van der Waals surface area contributed by atoms with Crippen LogP contribution >= 0.6 is 0 Å². The third-order valence-corrected chi connectivity index (χ3v) is 1.27. The molecule has 2 heteroatoms. The van der Waals surface area contributed by atoms with E-state index in [0.29, 0.717) is 0 Å². The van der Waals surface area contributed by atoms with Gasteiger partial charge in [0, 0.05) is 0 Å². The first-order valence-corrected chi connectivity index (χ1v) is 3.27. The van der Waals surface area contributed by atoms with Crippen molar-refractivity contribution in [2.24, 2.45) is 0 Å². The van der Waals surface area contributed by atoms with Crippen LogP contribution in [0.25, 0.3) is 0 Å². The summed E-state index contributed by atoms with van der Waals surface area (Å²) in [6.45, 7) is 3.20. The molecule has 0 spiro atoms. The third kappa shape index (κ3) is 4.03. The van der Waals surface area contributed by atoms with E-state index in [2.05, 4.69) is 21.0 Å². The van der Waals surface area contributed by atoms with Crippen molar-refractivity contribution < 1.29 is 9.59 Å². The summed E-state index contributed by atoms with van der Waals surface area (Å²) in [6.07, 6.45) is 4.01. The highest BCUT2D eigenvalue weighted by atomic mass is 16.2. The average molecular weight is 130 g/mol. The Bertz CT molecular complexity index is 97.1. The summed E-state index contributed by atoms with van der Waals surface area (Å²) < 4.78 is 0.757. The van der Waals surface area contributed by atoms with E-state index in [0.717, 1.165) is 23.7 Å². The number of hydrogen-bond donors (Lipinski definition) is 1. The molecular formula is C7H16NO+. The lowest BCUT2D eigenvalue weighted by Gasteiger charge is -2.22. The SMILES string of the molecule is CCC[N+](C)(C)C=CO. The summed E-state index contributed by atoms with van der Waals surface area (Å²) in [7, 11) is 4.10. The lowest BCUT2D eigenvalue weighted by atomic mass is 10.4. The maximum atomic E-state index is 8.43. The van der Waals surface area contributed by atoms with Crippen molar-refractivity contribution in [2.45, 2.75) is 13.3 Å². The molecule has 0 aliphatic heterocycles. The van der Waals surface area contributed by atoms with Crippen LogP contribution in [0.1, 0.15) is 13.3 Å². The Labute approximate surface area is 57.0 Å². The van der Waals surface area contributed by atoms with E-state index in [1.807, 2.05) is 0 Å². The van der Waals surface area contributed by atoms with Crippen molar-refractivity contribution in [1.82, 2.24) is 0 Å². The minimum absolute atomic E-state index is 0.757. The Morgan fingerprint density at radius 2 is 2.00 bits per heavy atom. The van der Waals surface area contributed by atoms with Crippen molar-refractivity contribution in [3.05, 3.63) is 12.5 Å². The van der Waals surface area contributed by atoms with E-state index in [1.54, 1.807) is 6.20 Å². The summed E-state index contributed by atoms with van der Waals surface area (Å²) in [4.78, 5) is 0. The lowest BCUT2D eigenvalue weighted by molar-refractivity contribution is -0.839. The number of aliphatic hydroxyl groups is 1. The number of hydrogen-bond acceptors (Lipinski definition) is 1. The molecule has 2 nitrogen and oxygen atoms in total. The fourth-order valence-corrected chi connectivity index (χ4v) is 0.831. The molecule has 0 aromatic carbocycles. The molecule has 54 valence electrons. The van der Waals surface area contributed by atoms with E-state index in [-0.39, 0.29) is 0 Å². The standard InChI is InChI=1S/C7H15NO/c1-4-5-8(2,3)6-7-9/h6-7H,4-5H2,1-3H3/p+1. The van der Waals surface area contributed by atoms with Gasteiger partial charge in [0.25, 0.3) is 0 Å². The molecular weight excluding hydrogens is 114 g/mol. The number of nitrogens with zero attached hydrogens (tertiary/aromatic N) is 1. The van der Waals surface area contributed by atoms with E-state index >= 15 is 0 Å². The monoisotopic (exact) mass is 130 g/mol. The van der Waals surface area contributed by atoms with Crippen LogP contribution in [0.4, 0.5) is 0 Å². The van der Waals surface area contributed by atoms with E-state index in [1.165, 1.54) is 0 Å². The van der Waals surface area contributed by atoms with Gasteiger partial charge in [-0.2, -0.15) is 0 Å². The van der Waals surface area contributed by atoms with Crippen LogP contribution in [0.2, 0.25) is 0 Å². The predicted octanol–water partition coefficient (Wildman–Crippen LogP) is 1.50. The summed E-state index contributed by atoms with van der Waals surface area (Å²) in [6, 6.07) is 0. The van der Waals surface area contributed by atoms with Crippen molar-refractivity contribution >= 4 is 0 Å². The second-order valence-electron chi connectivity index (χ2n) is 2.80. The van der Waals surface area contributed by atoms with Gasteiger partial charge >= 0.3 is 0 Å².